The van der Waals surface area contributed by atoms with Gasteiger partial charge in [-0.15, -0.1) is 0 Å². The van der Waals surface area contributed by atoms with Crippen molar-refractivity contribution < 1.29 is 4.73 Å². The van der Waals surface area contributed by atoms with E-state index in [-0.39, 0.29) is 0 Å². The second-order valence-electron chi connectivity index (χ2n) is 4.75. The minimum atomic E-state index is 0.809. The van der Waals surface area contributed by atoms with Crippen LogP contribution in [0.4, 0.5) is 0 Å². The van der Waals surface area contributed by atoms with Gasteiger partial charge in [-0.2, -0.15) is 16.1 Å². The first-order valence-corrected chi connectivity index (χ1v) is 7.44. The number of nitrogens with zero attached hydrogens (tertiary/aromatic N) is 3. The third kappa shape index (κ3) is 2.08. The van der Waals surface area contributed by atoms with E-state index in [2.05, 4.69) is 21.0 Å². The van der Waals surface area contributed by atoms with E-state index in [4.69, 9.17) is 0 Å². The number of rotatable bonds is 2. The standard InChI is InChI=1S/C16H11N3OS/c20-18-6-1-2-13(9-18)12-3-4-16-15(8-12)17-11-19(16)14-5-7-21-10-14/h1-11H. The smallest absolute Gasteiger partial charge is 0.188 e. The van der Waals surface area contributed by atoms with E-state index in [0.29, 0.717) is 0 Å². The monoisotopic (exact) mass is 293 g/mol. The minimum absolute atomic E-state index is 0.809. The molecule has 0 spiro atoms. The van der Waals surface area contributed by atoms with Crippen LogP contribution in [-0.2, 0) is 0 Å². The van der Waals surface area contributed by atoms with Gasteiger partial charge in [0.2, 0.25) is 0 Å². The molecule has 0 atom stereocenters. The zero-order chi connectivity index (χ0) is 14.2. The molecule has 3 heterocycles. The van der Waals surface area contributed by atoms with Crippen molar-refractivity contribution >= 4 is 22.4 Å². The fourth-order valence-corrected chi connectivity index (χ4v) is 3.05. The van der Waals surface area contributed by atoms with Crippen molar-refractivity contribution in [2.75, 3.05) is 0 Å². The van der Waals surface area contributed by atoms with E-state index in [0.717, 1.165) is 32.6 Å². The highest BCUT2D eigenvalue weighted by molar-refractivity contribution is 7.08. The van der Waals surface area contributed by atoms with Crippen molar-refractivity contribution in [3.05, 3.63) is 71.1 Å². The molecule has 0 saturated heterocycles. The number of hydrogen-bond donors (Lipinski definition) is 0. The van der Waals surface area contributed by atoms with Gasteiger partial charge in [-0.1, -0.05) is 6.07 Å². The first-order chi connectivity index (χ1) is 10.3. The summed E-state index contributed by atoms with van der Waals surface area (Å²) in [5.74, 6) is 0. The molecular weight excluding hydrogens is 282 g/mol. The van der Waals surface area contributed by atoms with E-state index < -0.39 is 0 Å². The highest BCUT2D eigenvalue weighted by Gasteiger charge is 2.08. The Kier molecular flexibility index (Phi) is 2.72. The SMILES string of the molecule is [O-][n+]1cccc(-c2ccc3c(c2)ncn3-c2ccsc2)c1. The van der Waals surface area contributed by atoms with Crippen LogP contribution in [0.25, 0.3) is 27.8 Å². The Balaban J connectivity index is 1.85. The molecule has 4 nitrogen and oxygen atoms in total. The quantitative estimate of drug-likeness (QED) is 0.420. The fraction of sp³-hybridized carbons (Fsp3) is 0. The van der Waals surface area contributed by atoms with Crippen LogP contribution in [-0.4, -0.2) is 9.55 Å². The van der Waals surface area contributed by atoms with Gasteiger partial charge in [-0.3, -0.25) is 4.57 Å². The Morgan fingerprint density at radius 3 is 2.90 bits per heavy atom. The second-order valence-corrected chi connectivity index (χ2v) is 5.53. The average molecular weight is 293 g/mol. The lowest BCUT2D eigenvalue weighted by Crippen LogP contribution is -2.23. The van der Waals surface area contributed by atoms with E-state index in [1.807, 2.05) is 36.0 Å². The topological polar surface area (TPSA) is 44.8 Å². The van der Waals surface area contributed by atoms with E-state index in [1.165, 1.54) is 6.20 Å². The minimum Gasteiger partial charge on any atom is -0.619 e. The second kappa shape index (κ2) is 4.71. The van der Waals surface area contributed by atoms with Crippen LogP contribution in [0.15, 0.2) is 65.9 Å². The Morgan fingerprint density at radius 1 is 1.14 bits per heavy atom. The maximum absolute atomic E-state index is 11.4. The lowest BCUT2D eigenvalue weighted by atomic mass is 10.1. The summed E-state index contributed by atoms with van der Waals surface area (Å²) in [6.07, 6.45) is 4.87. The largest absolute Gasteiger partial charge is 0.619 e. The zero-order valence-electron chi connectivity index (χ0n) is 11.0. The van der Waals surface area contributed by atoms with Crippen LogP contribution >= 0.6 is 11.3 Å². The summed E-state index contributed by atoms with van der Waals surface area (Å²) in [5.41, 5.74) is 4.97. The van der Waals surface area contributed by atoms with Crippen LogP contribution in [0, 0.1) is 5.21 Å². The predicted octanol–water partition coefficient (Wildman–Crippen LogP) is 3.39. The summed E-state index contributed by atoms with van der Waals surface area (Å²) in [7, 11) is 0. The summed E-state index contributed by atoms with van der Waals surface area (Å²) in [4.78, 5) is 4.47. The lowest BCUT2D eigenvalue weighted by molar-refractivity contribution is -0.604. The molecule has 4 aromatic rings. The summed E-state index contributed by atoms with van der Waals surface area (Å²) in [6, 6.07) is 11.8. The molecule has 0 fully saturated rings. The number of pyridine rings is 1. The molecule has 0 unspecified atom stereocenters. The summed E-state index contributed by atoms with van der Waals surface area (Å²) < 4.78 is 2.87. The van der Waals surface area contributed by atoms with Crippen molar-refractivity contribution in [2.24, 2.45) is 0 Å². The van der Waals surface area contributed by atoms with Crippen LogP contribution in [0.5, 0.6) is 0 Å². The van der Waals surface area contributed by atoms with Gasteiger partial charge in [-0.25, -0.2) is 4.98 Å². The molecule has 0 N–H and O–H groups in total. The molecule has 0 saturated carbocycles. The van der Waals surface area contributed by atoms with Gasteiger partial charge in [0.15, 0.2) is 12.4 Å². The van der Waals surface area contributed by atoms with Gasteiger partial charge in [0.05, 0.1) is 16.7 Å². The molecule has 4 rings (SSSR count). The third-order valence-electron chi connectivity index (χ3n) is 3.44. The molecule has 0 aliphatic carbocycles. The molecule has 1 aromatic carbocycles. The Bertz CT molecular complexity index is 912. The number of fused-ring (bicyclic) bond motifs is 1. The highest BCUT2D eigenvalue weighted by atomic mass is 32.1. The molecule has 0 aliphatic rings. The van der Waals surface area contributed by atoms with Gasteiger partial charge in [0.25, 0.3) is 0 Å². The van der Waals surface area contributed by atoms with Crippen LogP contribution in [0.1, 0.15) is 0 Å². The maximum atomic E-state index is 11.4. The molecule has 0 radical (unpaired) electrons. The third-order valence-corrected chi connectivity index (χ3v) is 4.11. The van der Waals surface area contributed by atoms with Crippen LogP contribution in [0.3, 0.4) is 0 Å². The van der Waals surface area contributed by atoms with Gasteiger partial charge in [0.1, 0.15) is 6.33 Å². The van der Waals surface area contributed by atoms with Crippen molar-refractivity contribution in [3.8, 4) is 16.8 Å². The molecular formula is C16H11N3OS. The van der Waals surface area contributed by atoms with Crippen molar-refractivity contribution in [3.63, 3.8) is 0 Å². The van der Waals surface area contributed by atoms with Gasteiger partial charge >= 0.3 is 0 Å². The van der Waals surface area contributed by atoms with E-state index >= 15 is 0 Å². The molecule has 102 valence electrons. The van der Waals surface area contributed by atoms with Gasteiger partial charge < -0.3 is 5.21 Å². The van der Waals surface area contributed by atoms with Gasteiger partial charge in [-0.05, 0) is 35.2 Å². The first kappa shape index (κ1) is 12.1. The van der Waals surface area contributed by atoms with Crippen LogP contribution in [0.2, 0.25) is 0 Å². The number of benzene rings is 1. The van der Waals surface area contributed by atoms with E-state index in [1.54, 1.807) is 23.6 Å². The molecule has 5 heteroatoms. The Hall–Kier alpha value is -2.66. The summed E-state index contributed by atoms with van der Waals surface area (Å²) >= 11 is 1.66. The van der Waals surface area contributed by atoms with Crippen LogP contribution < -0.4 is 4.73 Å². The summed E-state index contributed by atoms with van der Waals surface area (Å²) in [5, 5.41) is 15.5. The normalized spacial score (nSPS) is 11.0. The van der Waals surface area contributed by atoms with Crippen molar-refractivity contribution in [1.29, 1.82) is 0 Å². The molecule has 21 heavy (non-hydrogen) atoms. The Morgan fingerprint density at radius 2 is 2.10 bits per heavy atom. The van der Waals surface area contributed by atoms with Crippen molar-refractivity contribution in [1.82, 2.24) is 9.55 Å². The number of aromatic nitrogens is 3. The Labute approximate surface area is 125 Å². The highest BCUT2D eigenvalue weighted by Crippen LogP contribution is 2.25. The van der Waals surface area contributed by atoms with E-state index in [9.17, 15) is 5.21 Å². The molecule has 0 amide bonds. The zero-order valence-corrected chi connectivity index (χ0v) is 11.8. The summed E-state index contributed by atoms with van der Waals surface area (Å²) in [6.45, 7) is 0. The predicted molar refractivity (Wildman–Crippen MR) is 83.3 cm³/mol. The fourth-order valence-electron chi connectivity index (χ4n) is 2.42. The number of imidazole rings is 1. The maximum Gasteiger partial charge on any atom is 0.188 e. The number of thiophene rings is 1. The molecule has 0 aliphatic heterocycles. The molecule has 3 aromatic heterocycles. The number of hydrogen-bond acceptors (Lipinski definition) is 3. The average Bonchev–Trinajstić information content (AvgIpc) is 3.15. The molecule has 0 bridgehead atoms. The van der Waals surface area contributed by atoms with Gasteiger partial charge in [0, 0.05) is 17.0 Å². The van der Waals surface area contributed by atoms with Crippen molar-refractivity contribution in [2.45, 2.75) is 0 Å². The first-order valence-electron chi connectivity index (χ1n) is 6.50. The lowest BCUT2D eigenvalue weighted by Gasteiger charge is -2.03.